The average molecular weight is 325 g/mol. The van der Waals surface area contributed by atoms with Crippen molar-refractivity contribution in [1.29, 1.82) is 0 Å². The highest BCUT2D eigenvalue weighted by atomic mass is 16.5. The van der Waals surface area contributed by atoms with E-state index in [9.17, 15) is 0 Å². The zero-order valence-corrected chi connectivity index (χ0v) is 16.3. The van der Waals surface area contributed by atoms with Crippen LogP contribution in [-0.4, -0.2) is 26.9 Å². The summed E-state index contributed by atoms with van der Waals surface area (Å²) < 4.78 is 11.5. The van der Waals surface area contributed by atoms with Crippen molar-refractivity contribution in [2.75, 3.05) is 20.8 Å². The van der Waals surface area contributed by atoms with E-state index in [0.29, 0.717) is 17.4 Å². The lowest BCUT2D eigenvalue weighted by Crippen LogP contribution is -2.51. The second-order valence-electron chi connectivity index (χ2n) is 8.56. The van der Waals surface area contributed by atoms with Crippen molar-refractivity contribution in [1.82, 2.24) is 0 Å². The molecule has 0 N–H and O–H groups in total. The predicted molar refractivity (Wildman–Crippen MR) is 97.6 cm³/mol. The first-order valence-corrected chi connectivity index (χ1v) is 10.1. The normalized spacial score (nSPS) is 26.0. The molecule has 0 aromatic carbocycles. The second kappa shape index (κ2) is 8.85. The Morgan fingerprint density at radius 1 is 1.04 bits per heavy atom. The van der Waals surface area contributed by atoms with Crippen LogP contribution in [0.1, 0.15) is 78.6 Å². The van der Waals surface area contributed by atoms with Crippen LogP contribution >= 0.6 is 0 Å². The molecule has 0 aromatic rings. The molecule has 0 heterocycles. The van der Waals surface area contributed by atoms with Crippen LogP contribution in [0.2, 0.25) is 0 Å². The van der Waals surface area contributed by atoms with Gasteiger partial charge in [-0.1, -0.05) is 52.9 Å². The predicted octanol–water partition coefficient (Wildman–Crippen LogP) is 5.70. The molecule has 136 valence electrons. The quantitative estimate of drug-likeness (QED) is 0.485. The van der Waals surface area contributed by atoms with E-state index in [1.807, 2.05) is 14.2 Å². The van der Waals surface area contributed by atoms with Gasteiger partial charge in [0, 0.05) is 20.8 Å². The van der Waals surface area contributed by atoms with Gasteiger partial charge in [0.2, 0.25) is 0 Å². The van der Waals surface area contributed by atoms with Gasteiger partial charge in [-0.2, -0.15) is 0 Å². The fraction of sp³-hybridized carbons (Fsp3) is 1.00. The zero-order valence-electron chi connectivity index (χ0n) is 16.3. The largest absolute Gasteiger partial charge is 0.384 e. The molecule has 0 radical (unpaired) electrons. The van der Waals surface area contributed by atoms with Crippen LogP contribution in [0, 0.1) is 29.1 Å². The molecule has 2 aliphatic carbocycles. The summed E-state index contributed by atoms with van der Waals surface area (Å²) in [6.07, 6.45) is 12.8. The zero-order chi connectivity index (χ0) is 16.9. The van der Waals surface area contributed by atoms with E-state index in [1.54, 1.807) is 0 Å². The van der Waals surface area contributed by atoms with Gasteiger partial charge in [0.15, 0.2) is 0 Å². The molecule has 2 aliphatic rings. The van der Waals surface area contributed by atoms with Crippen LogP contribution in [-0.2, 0) is 9.47 Å². The molecule has 4 unspecified atom stereocenters. The van der Waals surface area contributed by atoms with Crippen molar-refractivity contribution < 1.29 is 9.47 Å². The lowest BCUT2D eigenvalue weighted by molar-refractivity contribution is -0.125. The van der Waals surface area contributed by atoms with Gasteiger partial charge in [-0.05, 0) is 54.8 Å². The summed E-state index contributed by atoms with van der Waals surface area (Å²) in [6, 6.07) is 0. The van der Waals surface area contributed by atoms with Gasteiger partial charge < -0.3 is 9.47 Å². The van der Waals surface area contributed by atoms with Gasteiger partial charge in [-0.25, -0.2) is 0 Å². The third kappa shape index (κ3) is 4.12. The minimum atomic E-state index is 0.375. The number of hydrogen-bond acceptors (Lipinski definition) is 2. The molecule has 0 saturated heterocycles. The molecule has 0 amide bonds. The van der Waals surface area contributed by atoms with E-state index in [0.717, 1.165) is 24.4 Å². The van der Waals surface area contributed by atoms with E-state index in [4.69, 9.17) is 9.47 Å². The second-order valence-corrected chi connectivity index (χ2v) is 8.56. The molecule has 2 nitrogen and oxygen atoms in total. The lowest BCUT2D eigenvalue weighted by atomic mass is 9.51. The average Bonchev–Trinajstić information content (AvgIpc) is 2.41. The fourth-order valence-corrected chi connectivity index (χ4v) is 5.44. The first-order valence-electron chi connectivity index (χ1n) is 10.1. The summed E-state index contributed by atoms with van der Waals surface area (Å²) in [6.45, 7) is 8.18. The Kier molecular flexibility index (Phi) is 7.41. The SMILES string of the molecule is CCC(C1CCC1)C(C)(C1CCC1)C(CCC(C)COC)OC. The molecule has 2 fully saturated rings. The molecule has 0 aromatic heterocycles. The molecular formula is C21H40O2. The Hall–Kier alpha value is -0.0800. The standard InChI is InChI=1S/C21H40O2/c1-6-19(17-9-7-10-17)21(3,18-11-8-12-18)20(23-5)14-13-16(2)15-22-4/h16-20H,6-15H2,1-5H3. The number of methoxy groups -OCH3 is 2. The summed E-state index contributed by atoms with van der Waals surface area (Å²) in [7, 11) is 3.77. The highest BCUT2D eigenvalue weighted by Crippen LogP contribution is 2.56. The van der Waals surface area contributed by atoms with Crippen LogP contribution in [0.3, 0.4) is 0 Å². The Morgan fingerprint density at radius 2 is 1.70 bits per heavy atom. The molecule has 0 spiro atoms. The third-order valence-corrected chi connectivity index (χ3v) is 7.29. The van der Waals surface area contributed by atoms with Crippen LogP contribution in [0.4, 0.5) is 0 Å². The molecule has 2 saturated carbocycles. The van der Waals surface area contributed by atoms with Crippen LogP contribution in [0.15, 0.2) is 0 Å². The van der Waals surface area contributed by atoms with Crippen molar-refractivity contribution in [3.63, 3.8) is 0 Å². The van der Waals surface area contributed by atoms with Gasteiger partial charge in [0.1, 0.15) is 0 Å². The van der Waals surface area contributed by atoms with Crippen molar-refractivity contribution in [3.8, 4) is 0 Å². The maximum absolute atomic E-state index is 6.16. The lowest BCUT2D eigenvalue weighted by Gasteiger charge is -2.55. The maximum Gasteiger partial charge on any atom is 0.0630 e. The van der Waals surface area contributed by atoms with Gasteiger partial charge in [0.05, 0.1) is 6.10 Å². The monoisotopic (exact) mass is 324 g/mol. The van der Waals surface area contributed by atoms with E-state index in [1.165, 1.54) is 57.8 Å². The summed E-state index contributed by atoms with van der Waals surface area (Å²) in [5.41, 5.74) is 0.375. The minimum Gasteiger partial charge on any atom is -0.384 e. The summed E-state index contributed by atoms with van der Waals surface area (Å²) in [5, 5.41) is 0. The Balaban J connectivity index is 2.10. The number of rotatable bonds is 11. The Bertz CT molecular complexity index is 335. The van der Waals surface area contributed by atoms with E-state index < -0.39 is 0 Å². The van der Waals surface area contributed by atoms with Crippen molar-refractivity contribution >= 4 is 0 Å². The Labute approximate surface area is 144 Å². The van der Waals surface area contributed by atoms with Crippen LogP contribution in [0.25, 0.3) is 0 Å². The minimum absolute atomic E-state index is 0.375. The highest BCUT2D eigenvalue weighted by molar-refractivity contribution is 5.00. The maximum atomic E-state index is 6.16. The van der Waals surface area contributed by atoms with Crippen molar-refractivity contribution in [3.05, 3.63) is 0 Å². The number of hydrogen-bond donors (Lipinski definition) is 0. The fourth-order valence-electron chi connectivity index (χ4n) is 5.44. The topological polar surface area (TPSA) is 18.5 Å². The van der Waals surface area contributed by atoms with Gasteiger partial charge in [-0.15, -0.1) is 0 Å². The molecule has 0 aliphatic heterocycles. The van der Waals surface area contributed by atoms with Crippen molar-refractivity contribution in [2.45, 2.75) is 84.7 Å². The summed E-state index contributed by atoms with van der Waals surface area (Å²) in [4.78, 5) is 0. The smallest absolute Gasteiger partial charge is 0.0630 e. The van der Waals surface area contributed by atoms with Crippen LogP contribution < -0.4 is 0 Å². The van der Waals surface area contributed by atoms with Gasteiger partial charge in [0.25, 0.3) is 0 Å². The highest BCUT2D eigenvalue weighted by Gasteiger charge is 2.51. The number of ether oxygens (including phenoxy) is 2. The first-order chi connectivity index (χ1) is 11.1. The van der Waals surface area contributed by atoms with Crippen molar-refractivity contribution in [2.24, 2.45) is 29.1 Å². The molecule has 4 atom stereocenters. The molecular weight excluding hydrogens is 284 g/mol. The van der Waals surface area contributed by atoms with Crippen LogP contribution in [0.5, 0.6) is 0 Å². The van der Waals surface area contributed by atoms with Gasteiger partial charge >= 0.3 is 0 Å². The molecule has 2 heteroatoms. The van der Waals surface area contributed by atoms with E-state index >= 15 is 0 Å². The Morgan fingerprint density at radius 3 is 2.09 bits per heavy atom. The molecule has 2 rings (SSSR count). The van der Waals surface area contributed by atoms with E-state index in [2.05, 4.69) is 20.8 Å². The third-order valence-electron chi connectivity index (χ3n) is 7.29. The van der Waals surface area contributed by atoms with E-state index in [-0.39, 0.29) is 0 Å². The molecule has 23 heavy (non-hydrogen) atoms. The molecule has 0 bridgehead atoms. The summed E-state index contributed by atoms with van der Waals surface area (Å²) in [5.74, 6) is 3.33. The van der Waals surface area contributed by atoms with Gasteiger partial charge in [-0.3, -0.25) is 0 Å². The summed E-state index contributed by atoms with van der Waals surface area (Å²) >= 11 is 0. The first kappa shape index (κ1) is 19.2.